The van der Waals surface area contributed by atoms with Crippen molar-refractivity contribution in [3.8, 4) is 0 Å². The van der Waals surface area contributed by atoms with Gasteiger partial charge in [-0.3, -0.25) is 4.79 Å². The maximum atomic E-state index is 12.7. The highest BCUT2D eigenvalue weighted by atomic mass is 32.2. The van der Waals surface area contributed by atoms with E-state index in [2.05, 4.69) is 5.32 Å². The van der Waals surface area contributed by atoms with Gasteiger partial charge in [0.25, 0.3) is 0 Å². The van der Waals surface area contributed by atoms with Gasteiger partial charge in [-0.05, 0) is 37.0 Å². The van der Waals surface area contributed by atoms with E-state index in [0.717, 1.165) is 44.5 Å². The van der Waals surface area contributed by atoms with Gasteiger partial charge in [-0.2, -0.15) is 0 Å². The van der Waals surface area contributed by atoms with Crippen molar-refractivity contribution in [3.63, 3.8) is 0 Å². The lowest BCUT2D eigenvalue weighted by Gasteiger charge is -2.41. The molecule has 0 bridgehead atoms. The van der Waals surface area contributed by atoms with Crippen LogP contribution in [-0.4, -0.2) is 40.3 Å². The molecular formula is C17H23NO4S. The molecule has 0 radical (unpaired) electrons. The Morgan fingerprint density at radius 3 is 2.48 bits per heavy atom. The average molecular weight is 337 g/mol. The maximum absolute atomic E-state index is 12.7. The second-order valence-electron chi connectivity index (χ2n) is 6.67. The second kappa shape index (κ2) is 6.24. The van der Waals surface area contributed by atoms with Gasteiger partial charge in [0, 0.05) is 25.3 Å². The molecular weight excluding hydrogens is 314 g/mol. The molecule has 23 heavy (non-hydrogen) atoms. The smallest absolute Gasteiger partial charge is 0.230 e. The summed E-state index contributed by atoms with van der Waals surface area (Å²) < 4.78 is 28.5. The molecule has 1 heterocycles. The molecule has 0 aromatic heterocycles. The summed E-state index contributed by atoms with van der Waals surface area (Å²) in [5.41, 5.74) is 0.423. The highest BCUT2D eigenvalue weighted by Crippen LogP contribution is 2.44. The lowest BCUT2D eigenvalue weighted by molar-refractivity contribution is -0.130. The predicted molar refractivity (Wildman–Crippen MR) is 87.0 cm³/mol. The fourth-order valence-corrected chi connectivity index (χ4v) is 3.98. The van der Waals surface area contributed by atoms with Crippen LogP contribution < -0.4 is 5.32 Å². The molecule has 1 aromatic rings. The lowest BCUT2D eigenvalue weighted by Crippen LogP contribution is -2.50. The predicted octanol–water partition coefficient (Wildman–Crippen LogP) is 1.66. The Bertz CT molecular complexity index is 671. The van der Waals surface area contributed by atoms with E-state index < -0.39 is 15.3 Å². The zero-order valence-electron chi connectivity index (χ0n) is 13.4. The van der Waals surface area contributed by atoms with Crippen LogP contribution in [0.5, 0.6) is 0 Å². The van der Waals surface area contributed by atoms with Crippen molar-refractivity contribution in [2.75, 3.05) is 26.0 Å². The van der Waals surface area contributed by atoms with Gasteiger partial charge in [-0.1, -0.05) is 18.6 Å². The quantitative estimate of drug-likeness (QED) is 0.887. The summed E-state index contributed by atoms with van der Waals surface area (Å²) >= 11 is 0. The van der Waals surface area contributed by atoms with Crippen molar-refractivity contribution in [2.24, 2.45) is 5.92 Å². The molecule has 1 saturated carbocycles. The molecule has 0 spiro atoms. The van der Waals surface area contributed by atoms with Crippen LogP contribution in [0, 0.1) is 5.92 Å². The van der Waals surface area contributed by atoms with Crippen LogP contribution in [0.25, 0.3) is 0 Å². The van der Waals surface area contributed by atoms with Gasteiger partial charge < -0.3 is 10.1 Å². The van der Waals surface area contributed by atoms with Gasteiger partial charge in [-0.15, -0.1) is 0 Å². The lowest BCUT2D eigenvalue weighted by atomic mass is 9.64. The normalized spacial score (nSPS) is 23.3. The van der Waals surface area contributed by atoms with Crippen molar-refractivity contribution in [2.45, 2.75) is 36.0 Å². The standard InChI is InChI=1S/C17H23NO4S/c1-23(20,21)15-5-3-14(4-6-15)17(8-2-9-17)16(19)18-11-13-7-10-22-12-13/h3-6,13H,2,7-12H2,1H3,(H,18,19). The van der Waals surface area contributed by atoms with Crippen LogP contribution in [0.1, 0.15) is 31.2 Å². The van der Waals surface area contributed by atoms with Crippen molar-refractivity contribution in [3.05, 3.63) is 29.8 Å². The highest BCUT2D eigenvalue weighted by molar-refractivity contribution is 7.90. The number of carbonyl (C=O) groups excluding carboxylic acids is 1. The second-order valence-corrected chi connectivity index (χ2v) is 8.69. The van der Waals surface area contributed by atoms with Crippen molar-refractivity contribution in [1.29, 1.82) is 0 Å². The Labute approximate surface area is 137 Å². The molecule has 1 atom stereocenters. The van der Waals surface area contributed by atoms with Crippen molar-refractivity contribution in [1.82, 2.24) is 5.32 Å². The van der Waals surface area contributed by atoms with Crippen LogP contribution in [-0.2, 0) is 24.8 Å². The highest BCUT2D eigenvalue weighted by Gasteiger charge is 2.45. The van der Waals surface area contributed by atoms with E-state index in [9.17, 15) is 13.2 Å². The molecule has 1 unspecified atom stereocenters. The molecule has 1 saturated heterocycles. The number of hydrogen-bond acceptors (Lipinski definition) is 4. The topological polar surface area (TPSA) is 72.5 Å². The number of carbonyl (C=O) groups is 1. The van der Waals surface area contributed by atoms with Crippen LogP contribution in [0.3, 0.4) is 0 Å². The maximum Gasteiger partial charge on any atom is 0.230 e. The largest absolute Gasteiger partial charge is 0.381 e. The summed E-state index contributed by atoms with van der Waals surface area (Å²) in [6, 6.07) is 6.77. The third-order valence-electron chi connectivity index (χ3n) is 5.05. The number of rotatable bonds is 5. The Kier molecular flexibility index (Phi) is 4.47. The molecule has 3 rings (SSSR count). The van der Waals surface area contributed by atoms with E-state index in [1.807, 2.05) is 0 Å². The first kappa shape index (κ1) is 16.5. The summed E-state index contributed by atoms with van der Waals surface area (Å²) in [4.78, 5) is 13.0. The molecule has 126 valence electrons. The zero-order chi connectivity index (χ0) is 16.5. The van der Waals surface area contributed by atoms with Crippen molar-refractivity contribution < 1.29 is 17.9 Å². The molecule has 1 amide bonds. The van der Waals surface area contributed by atoms with Gasteiger partial charge in [0.1, 0.15) is 0 Å². The third kappa shape index (κ3) is 3.28. The van der Waals surface area contributed by atoms with Crippen LogP contribution in [0.2, 0.25) is 0 Å². The SMILES string of the molecule is CS(=O)(=O)c1ccc(C2(C(=O)NCC3CCOC3)CCC2)cc1. The molecule has 1 aromatic carbocycles. The van der Waals surface area contributed by atoms with Crippen LogP contribution >= 0.6 is 0 Å². The van der Waals surface area contributed by atoms with E-state index >= 15 is 0 Å². The van der Waals surface area contributed by atoms with Gasteiger partial charge in [0.05, 0.1) is 16.9 Å². The van der Waals surface area contributed by atoms with Crippen molar-refractivity contribution >= 4 is 15.7 Å². The van der Waals surface area contributed by atoms with E-state index in [4.69, 9.17) is 4.74 Å². The molecule has 6 heteroatoms. The van der Waals surface area contributed by atoms with Gasteiger partial charge in [0.2, 0.25) is 5.91 Å². The molecule has 5 nitrogen and oxygen atoms in total. The average Bonchev–Trinajstić information content (AvgIpc) is 2.97. The minimum Gasteiger partial charge on any atom is -0.381 e. The molecule has 2 aliphatic rings. The number of sulfone groups is 1. The van der Waals surface area contributed by atoms with E-state index in [1.165, 1.54) is 6.26 Å². The third-order valence-corrected chi connectivity index (χ3v) is 6.18. The minimum absolute atomic E-state index is 0.0581. The Hall–Kier alpha value is -1.40. The first-order chi connectivity index (χ1) is 10.9. The monoisotopic (exact) mass is 337 g/mol. The molecule has 1 N–H and O–H groups in total. The first-order valence-electron chi connectivity index (χ1n) is 8.08. The van der Waals surface area contributed by atoms with Gasteiger partial charge >= 0.3 is 0 Å². The summed E-state index contributed by atoms with van der Waals surface area (Å²) in [6.45, 7) is 2.15. The number of amides is 1. The summed E-state index contributed by atoms with van der Waals surface area (Å²) in [5.74, 6) is 0.464. The van der Waals surface area contributed by atoms with E-state index in [0.29, 0.717) is 17.4 Å². The molecule has 1 aliphatic carbocycles. The summed E-state index contributed by atoms with van der Waals surface area (Å²) in [5, 5.41) is 3.07. The molecule has 1 aliphatic heterocycles. The zero-order valence-corrected chi connectivity index (χ0v) is 14.2. The summed E-state index contributed by atoms with van der Waals surface area (Å²) in [6.07, 6.45) is 4.85. The fourth-order valence-electron chi connectivity index (χ4n) is 3.35. The Morgan fingerprint density at radius 1 is 1.30 bits per heavy atom. The number of benzene rings is 1. The van der Waals surface area contributed by atoms with Crippen LogP contribution in [0.4, 0.5) is 0 Å². The fraction of sp³-hybridized carbons (Fsp3) is 0.588. The first-order valence-corrected chi connectivity index (χ1v) is 9.98. The van der Waals surface area contributed by atoms with Gasteiger partial charge in [-0.25, -0.2) is 8.42 Å². The Morgan fingerprint density at radius 2 is 2.00 bits per heavy atom. The van der Waals surface area contributed by atoms with E-state index in [-0.39, 0.29) is 5.91 Å². The molecule has 2 fully saturated rings. The van der Waals surface area contributed by atoms with E-state index in [1.54, 1.807) is 24.3 Å². The van der Waals surface area contributed by atoms with Gasteiger partial charge in [0.15, 0.2) is 9.84 Å². The minimum atomic E-state index is -3.21. The number of nitrogens with one attached hydrogen (secondary N) is 1. The summed E-state index contributed by atoms with van der Waals surface area (Å²) in [7, 11) is -3.21. The number of ether oxygens (including phenoxy) is 1. The number of hydrogen-bond donors (Lipinski definition) is 1. The van der Waals surface area contributed by atoms with Crippen LogP contribution in [0.15, 0.2) is 29.2 Å². The Balaban J connectivity index is 1.73.